The molecule has 0 bridgehead atoms. The van der Waals surface area contributed by atoms with E-state index in [0.717, 1.165) is 36.3 Å². The summed E-state index contributed by atoms with van der Waals surface area (Å²) in [6.45, 7) is 3.98. The number of ether oxygens (including phenoxy) is 3. The largest absolute Gasteiger partial charge is 0.379 e. The molecule has 6 amide bonds. The minimum Gasteiger partial charge on any atom is -0.379 e. The lowest BCUT2D eigenvalue weighted by Gasteiger charge is -2.16. The minimum atomic E-state index is -0.387. The molecule has 3 atom stereocenters. The summed E-state index contributed by atoms with van der Waals surface area (Å²) < 4.78 is 16.4. The van der Waals surface area contributed by atoms with Gasteiger partial charge in [-0.15, -0.1) is 0 Å². The van der Waals surface area contributed by atoms with Crippen LogP contribution < -0.4 is 21.3 Å². The average molecular weight is 598 g/mol. The van der Waals surface area contributed by atoms with E-state index in [2.05, 4.69) is 21.3 Å². The van der Waals surface area contributed by atoms with Gasteiger partial charge in [0.1, 0.15) is 0 Å². The lowest BCUT2D eigenvalue weighted by atomic mass is 10.0. The summed E-state index contributed by atoms with van der Waals surface area (Å²) in [6, 6.07) is 0.401. The van der Waals surface area contributed by atoms with Crippen molar-refractivity contribution in [3.63, 3.8) is 0 Å². The first kappa shape index (κ1) is 32.8. The van der Waals surface area contributed by atoms with Gasteiger partial charge in [-0.3, -0.25) is 24.1 Å². The molecule has 0 radical (unpaired) electrons. The van der Waals surface area contributed by atoms with Crippen molar-refractivity contribution in [2.24, 2.45) is 0 Å². The zero-order chi connectivity index (χ0) is 29.3. The van der Waals surface area contributed by atoms with Crippen molar-refractivity contribution in [3.8, 4) is 0 Å². The number of urea groups is 1. The van der Waals surface area contributed by atoms with Gasteiger partial charge in [-0.25, -0.2) is 4.79 Å². The van der Waals surface area contributed by atoms with Crippen molar-refractivity contribution in [1.82, 2.24) is 26.2 Å². The van der Waals surface area contributed by atoms with Crippen LogP contribution in [-0.4, -0.2) is 117 Å². The fraction of sp³-hybridized carbons (Fsp3) is 0.741. The Labute approximate surface area is 245 Å². The average Bonchev–Trinajstić information content (AvgIpc) is 3.61. The molecule has 2 fully saturated rings. The molecule has 0 unspecified atom stereocenters. The number of amides is 6. The summed E-state index contributed by atoms with van der Waals surface area (Å²) in [5.74, 6) is 0.0304. The molecule has 0 spiro atoms. The highest BCUT2D eigenvalue weighted by molar-refractivity contribution is 8.00. The molecule has 2 saturated heterocycles. The van der Waals surface area contributed by atoms with Gasteiger partial charge >= 0.3 is 6.03 Å². The Morgan fingerprint density at radius 1 is 0.805 bits per heavy atom. The molecule has 4 N–H and O–H groups in total. The number of hydrogen-bond acceptors (Lipinski definition) is 9. The Morgan fingerprint density at radius 2 is 1.39 bits per heavy atom. The molecule has 0 aromatic heterocycles. The van der Waals surface area contributed by atoms with Crippen molar-refractivity contribution in [2.45, 2.75) is 62.3 Å². The normalized spacial score (nSPS) is 21.2. The maximum atomic E-state index is 12.0. The maximum Gasteiger partial charge on any atom is 0.315 e. The molecule has 0 aromatic rings. The Morgan fingerprint density at radius 3 is 2.02 bits per heavy atom. The fourth-order valence-corrected chi connectivity index (χ4v) is 6.21. The molecule has 3 heterocycles. The van der Waals surface area contributed by atoms with E-state index in [0.29, 0.717) is 70.8 Å². The number of carbonyl (C=O) groups excluding carboxylic acids is 5. The zero-order valence-electron chi connectivity index (χ0n) is 23.5. The van der Waals surface area contributed by atoms with E-state index in [1.54, 1.807) is 0 Å². The molecule has 14 heteroatoms. The summed E-state index contributed by atoms with van der Waals surface area (Å²) in [4.78, 5) is 59.1. The molecule has 230 valence electrons. The third-order valence-corrected chi connectivity index (χ3v) is 8.37. The summed E-state index contributed by atoms with van der Waals surface area (Å²) in [7, 11) is 0. The van der Waals surface area contributed by atoms with Crippen molar-refractivity contribution in [2.75, 3.05) is 65.0 Å². The number of thioether (sulfide) groups is 1. The van der Waals surface area contributed by atoms with Crippen LogP contribution >= 0.6 is 11.8 Å². The van der Waals surface area contributed by atoms with E-state index in [9.17, 15) is 24.0 Å². The number of nitrogens with one attached hydrogen (secondary N) is 4. The molecule has 0 aromatic carbocycles. The Balaban J connectivity index is 0.998. The SMILES string of the molecule is O=C(CCCC[C@@H]1SC[C@H]2NC(=O)N[C@@H]12)NCCCOCCOCCOCCCNC(=O)CCN1C(=O)C=CC1=O. The van der Waals surface area contributed by atoms with Crippen LogP contribution in [0.2, 0.25) is 0 Å². The monoisotopic (exact) mass is 597 g/mol. The van der Waals surface area contributed by atoms with Crippen LogP contribution in [0.1, 0.15) is 44.9 Å². The predicted molar refractivity (Wildman–Crippen MR) is 152 cm³/mol. The van der Waals surface area contributed by atoms with Crippen molar-refractivity contribution >= 4 is 41.4 Å². The third-order valence-electron chi connectivity index (χ3n) is 6.86. The quantitative estimate of drug-likeness (QED) is 0.0769. The van der Waals surface area contributed by atoms with Gasteiger partial charge in [0.2, 0.25) is 11.8 Å². The first-order valence-electron chi connectivity index (χ1n) is 14.4. The highest BCUT2D eigenvalue weighted by Crippen LogP contribution is 2.33. The highest BCUT2D eigenvalue weighted by Gasteiger charge is 2.42. The van der Waals surface area contributed by atoms with Gasteiger partial charge < -0.3 is 35.5 Å². The number of fused-ring (bicyclic) bond motifs is 1. The number of rotatable bonds is 22. The first-order valence-corrected chi connectivity index (χ1v) is 15.5. The highest BCUT2D eigenvalue weighted by atomic mass is 32.2. The van der Waals surface area contributed by atoms with Gasteiger partial charge in [-0.2, -0.15) is 11.8 Å². The van der Waals surface area contributed by atoms with Crippen LogP contribution in [0.5, 0.6) is 0 Å². The smallest absolute Gasteiger partial charge is 0.315 e. The van der Waals surface area contributed by atoms with Gasteiger partial charge in [0.25, 0.3) is 11.8 Å². The Kier molecular flexibility index (Phi) is 15.0. The number of hydrogen-bond donors (Lipinski definition) is 4. The van der Waals surface area contributed by atoms with Crippen LogP contribution in [0, 0.1) is 0 Å². The second-order valence-electron chi connectivity index (χ2n) is 10.0. The summed E-state index contributed by atoms with van der Waals surface area (Å²) >= 11 is 1.90. The molecule has 3 rings (SSSR count). The zero-order valence-corrected chi connectivity index (χ0v) is 24.3. The molecular formula is C27H43N5O8S. The van der Waals surface area contributed by atoms with Gasteiger partial charge in [0, 0.05) is 68.8 Å². The van der Waals surface area contributed by atoms with Crippen LogP contribution in [0.25, 0.3) is 0 Å². The fourth-order valence-electron chi connectivity index (χ4n) is 4.66. The lowest BCUT2D eigenvalue weighted by Crippen LogP contribution is -2.36. The molecule has 0 saturated carbocycles. The number of imide groups is 1. The molecule has 0 aliphatic carbocycles. The maximum absolute atomic E-state index is 12.0. The topological polar surface area (TPSA) is 164 Å². The minimum absolute atomic E-state index is 0.0640. The number of carbonyl (C=O) groups is 5. The summed E-state index contributed by atoms with van der Waals surface area (Å²) in [5, 5.41) is 12.0. The van der Waals surface area contributed by atoms with Gasteiger partial charge in [-0.1, -0.05) is 6.42 Å². The van der Waals surface area contributed by atoms with Crippen LogP contribution in [0.3, 0.4) is 0 Å². The lowest BCUT2D eigenvalue weighted by molar-refractivity contribution is -0.137. The Hall–Kier alpha value is -2.68. The van der Waals surface area contributed by atoms with E-state index in [4.69, 9.17) is 14.2 Å². The van der Waals surface area contributed by atoms with Gasteiger partial charge in [0.15, 0.2) is 0 Å². The Bertz CT molecular complexity index is 902. The van der Waals surface area contributed by atoms with E-state index in [1.807, 2.05) is 11.8 Å². The summed E-state index contributed by atoms with van der Waals surface area (Å²) in [6.07, 6.45) is 7.22. The third kappa shape index (κ3) is 12.4. The van der Waals surface area contributed by atoms with Crippen LogP contribution in [0.15, 0.2) is 12.2 Å². The van der Waals surface area contributed by atoms with Crippen LogP contribution in [0.4, 0.5) is 4.79 Å². The number of nitrogens with zero attached hydrogens (tertiary/aromatic N) is 1. The van der Waals surface area contributed by atoms with Crippen molar-refractivity contribution < 1.29 is 38.2 Å². The molecule has 3 aliphatic heterocycles. The van der Waals surface area contributed by atoms with Gasteiger partial charge in [0.05, 0.1) is 38.5 Å². The second kappa shape index (κ2) is 18.7. The van der Waals surface area contributed by atoms with Crippen LogP contribution in [-0.2, 0) is 33.4 Å². The predicted octanol–water partition coefficient (Wildman–Crippen LogP) is 0.0897. The molecular weight excluding hydrogens is 554 g/mol. The summed E-state index contributed by atoms with van der Waals surface area (Å²) in [5.41, 5.74) is 0. The van der Waals surface area contributed by atoms with Crippen molar-refractivity contribution in [1.29, 1.82) is 0 Å². The van der Waals surface area contributed by atoms with E-state index < -0.39 is 0 Å². The van der Waals surface area contributed by atoms with E-state index in [-0.39, 0.29) is 54.7 Å². The van der Waals surface area contributed by atoms with Gasteiger partial charge in [-0.05, 0) is 25.7 Å². The van der Waals surface area contributed by atoms with Crippen molar-refractivity contribution in [3.05, 3.63) is 12.2 Å². The molecule has 3 aliphatic rings. The first-order chi connectivity index (χ1) is 19.9. The number of unbranched alkanes of at least 4 members (excludes halogenated alkanes) is 1. The molecule has 13 nitrogen and oxygen atoms in total. The van der Waals surface area contributed by atoms with E-state index >= 15 is 0 Å². The second-order valence-corrected chi connectivity index (χ2v) is 11.3. The molecule has 41 heavy (non-hydrogen) atoms. The van der Waals surface area contributed by atoms with E-state index in [1.165, 1.54) is 12.2 Å². The standard InChI is InChI=1S/C27H43N5O8S/c33-22(6-2-1-5-21-26-20(19-41-21)30-27(37)31-26)28-10-3-13-38-15-17-40-18-16-39-14-4-11-29-23(34)9-12-32-24(35)7-8-25(32)36/h7-8,20-21,26H,1-6,9-19H2,(H,28,33)(H,29,34)(H2,30,31,37)/t20-,21+,26-/m1/s1.